The van der Waals surface area contributed by atoms with Gasteiger partial charge >= 0.3 is 5.97 Å². The van der Waals surface area contributed by atoms with E-state index >= 15 is 0 Å². The van der Waals surface area contributed by atoms with Crippen molar-refractivity contribution in [3.63, 3.8) is 0 Å². The van der Waals surface area contributed by atoms with Crippen LogP contribution in [-0.2, 0) is 20.7 Å². The number of benzene rings is 1. The third kappa shape index (κ3) is 5.75. The van der Waals surface area contributed by atoms with Gasteiger partial charge in [0.25, 0.3) is 0 Å². The molecule has 4 nitrogen and oxygen atoms in total. The first-order valence-corrected chi connectivity index (χ1v) is 6.58. The van der Waals surface area contributed by atoms with Crippen LogP contribution in [0.2, 0.25) is 0 Å². The van der Waals surface area contributed by atoms with Gasteiger partial charge in [0.1, 0.15) is 5.75 Å². The molecule has 0 aliphatic heterocycles. The highest BCUT2D eigenvalue weighted by Gasteiger charge is 2.15. The van der Waals surface area contributed by atoms with Gasteiger partial charge in [0, 0.05) is 13.7 Å². The van der Waals surface area contributed by atoms with Crippen LogP contribution in [0.25, 0.3) is 0 Å². The van der Waals surface area contributed by atoms with Gasteiger partial charge in [0.2, 0.25) is 0 Å². The molecule has 1 aromatic carbocycles. The van der Waals surface area contributed by atoms with Crippen LogP contribution >= 0.6 is 0 Å². The Morgan fingerprint density at radius 1 is 1.37 bits per heavy atom. The van der Waals surface area contributed by atoms with E-state index in [9.17, 15) is 4.79 Å². The second-order valence-electron chi connectivity index (χ2n) is 4.26. The predicted molar refractivity (Wildman–Crippen MR) is 73.4 cm³/mol. The van der Waals surface area contributed by atoms with Gasteiger partial charge in [-0.2, -0.15) is 0 Å². The monoisotopic (exact) mass is 266 g/mol. The summed E-state index contributed by atoms with van der Waals surface area (Å²) in [6, 6.07) is 7.76. The average molecular weight is 266 g/mol. The van der Waals surface area contributed by atoms with Crippen molar-refractivity contribution in [2.24, 2.45) is 0 Å². The Morgan fingerprint density at radius 3 is 2.84 bits per heavy atom. The number of ether oxygens (including phenoxy) is 3. The third-order valence-corrected chi connectivity index (χ3v) is 2.64. The van der Waals surface area contributed by atoms with E-state index in [1.54, 1.807) is 21.0 Å². The third-order valence-electron chi connectivity index (χ3n) is 2.64. The molecule has 0 aromatic heterocycles. The molecule has 1 atom stereocenters. The fourth-order valence-corrected chi connectivity index (χ4v) is 1.71. The smallest absolute Gasteiger partial charge is 0.347 e. The minimum absolute atomic E-state index is 0.340. The van der Waals surface area contributed by atoms with Gasteiger partial charge in [-0.3, -0.25) is 0 Å². The number of aryl methyl sites for hydroxylation is 1. The lowest BCUT2D eigenvalue weighted by Gasteiger charge is -2.14. The van der Waals surface area contributed by atoms with E-state index in [-0.39, 0.29) is 5.97 Å². The van der Waals surface area contributed by atoms with E-state index in [2.05, 4.69) is 0 Å². The van der Waals surface area contributed by atoms with Crippen molar-refractivity contribution in [1.29, 1.82) is 0 Å². The number of hydrogen-bond donors (Lipinski definition) is 0. The van der Waals surface area contributed by atoms with Crippen molar-refractivity contribution in [2.45, 2.75) is 32.8 Å². The quantitative estimate of drug-likeness (QED) is 0.536. The van der Waals surface area contributed by atoms with Crippen LogP contribution in [0.5, 0.6) is 5.75 Å². The zero-order chi connectivity index (χ0) is 14.1. The summed E-state index contributed by atoms with van der Waals surface area (Å²) in [5.41, 5.74) is 1.17. The minimum Gasteiger partial charge on any atom is -0.479 e. The maximum Gasteiger partial charge on any atom is 0.347 e. The van der Waals surface area contributed by atoms with Crippen molar-refractivity contribution < 1.29 is 19.0 Å². The lowest BCUT2D eigenvalue weighted by Crippen LogP contribution is -2.26. The molecule has 0 saturated carbocycles. The molecule has 0 saturated heterocycles. The van der Waals surface area contributed by atoms with E-state index in [0.717, 1.165) is 19.4 Å². The first kappa shape index (κ1) is 15.5. The molecule has 0 bridgehead atoms. The van der Waals surface area contributed by atoms with Crippen LogP contribution in [0, 0.1) is 0 Å². The summed E-state index contributed by atoms with van der Waals surface area (Å²) >= 11 is 0. The molecule has 0 spiro atoms. The summed E-state index contributed by atoms with van der Waals surface area (Å²) in [6.07, 6.45) is 1.31. The predicted octanol–water partition coefficient (Wildman–Crippen LogP) is 2.60. The Kier molecular flexibility index (Phi) is 6.97. The van der Waals surface area contributed by atoms with Gasteiger partial charge in [0.15, 0.2) is 6.10 Å². The van der Waals surface area contributed by atoms with Crippen molar-refractivity contribution in [3.8, 4) is 5.75 Å². The Morgan fingerprint density at radius 2 is 2.16 bits per heavy atom. The summed E-state index contributed by atoms with van der Waals surface area (Å²) < 4.78 is 15.5. The molecule has 1 aromatic rings. The summed E-state index contributed by atoms with van der Waals surface area (Å²) in [7, 11) is 1.69. The normalized spacial score (nSPS) is 11.9. The van der Waals surface area contributed by atoms with E-state index in [4.69, 9.17) is 14.2 Å². The molecular formula is C15H22O4. The largest absolute Gasteiger partial charge is 0.479 e. The van der Waals surface area contributed by atoms with Crippen molar-refractivity contribution in [3.05, 3.63) is 29.8 Å². The molecule has 0 aliphatic rings. The van der Waals surface area contributed by atoms with E-state index in [0.29, 0.717) is 12.4 Å². The molecule has 1 unspecified atom stereocenters. The van der Waals surface area contributed by atoms with E-state index in [1.807, 2.05) is 24.3 Å². The van der Waals surface area contributed by atoms with Crippen molar-refractivity contribution >= 4 is 5.97 Å². The molecule has 0 heterocycles. The second kappa shape index (κ2) is 8.53. The number of hydrogen-bond acceptors (Lipinski definition) is 4. The molecule has 0 aliphatic carbocycles. The van der Waals surface area contributed by atoms with Crippen LogP contribution in [0.3, 0.4) is 0 Å². The molecule has 4 heteroatoms. The van der Waals surface area contributed by atoms with E-state index in [1.165, 1.54) is 5.56 Å². The molecule has 0 fully saturated rings. The fraction of sp³-hybridized carbons (Fsp3) is 0.533. The second-order valence-corrected chi connectivity index (χ2v) is 4.26. The van der Waals surface area contributed by atoms with Crippen LogP contribution < -0.4 is 4.74 Å². The number of carbonyl (C=O) groups is 1. The first-order valence-electron chi connectivity index (χ1n) is 6.58. The summed E-state index contributed by atoms with van der Waals surface area (Å²) in [5.74, 6) is 0.350. The number of rotatable bonds is 8. The highest BCUT2D eigenvalue weighted by molar-refractivity contribution is 5.74. The standard InChI is InChI=1S/C15H22O4/c1-4-18-15(16)12(2)19-14-9-5-7-13(11-14)8-6-10-17-3/h5,7,9,11-12H,4,6,8,10H2,1-3H3. The van der Waals surface area contributed by atoms with Gasteiger partial charge in [-0.25, -0.2) is 4.79 Å². The Hall–Kier alpha value is -1.55. The molecule has 0 radical (unpaired) electrons. The lowest BCUT2D eigenvalue weighted by atomic mass is 10.1. The molecule has 19 heavy (non-hydrogen) atoms. The number of methoxy groups -OCH3 is 1. The van der Waals surface area contributed by atoms with E-state index < -0.39 is 6.10 Å². The Balaban J connectivity index is 2.53. The van der Waals surface area contributed by atoms with Gasteiger partial charge in [0.05, 0.1) is 6.61 Å². The highest BCUT2D eigenvalue weighted by Crippen LogP contribution is 2.16. The Bertz CT molecular complexity index is 389. The SMILES string of the molecule is CCOC(=O)C(C)Oc1cccc(CCCOC)c1. The molecule has 0 N–H and O–H groups in total. The van der Waals surface area contributed by atoms with Crippen molar-refractivity contribution in [1.82, 2.24) is 0 Å². The molecular weight excluding hydrogens is 244 g/mol. The average Bonchev–Trinajstić information content (AvgIpc) is 2.40. The molecule has 106 valence electrons. The van der Waals surface area contributed by atoms with Gasteiger partial charge in [-0.15, -0.1) is 0 Å². The zero-order valence-corrected chi connectivity index (χ0v) is 11.8. The van der Waals surface area contributed by atoms with Crippen molar-refractivity contribution in [2.75, 3.05) is 20.3 Å². The van der Waals surface area contributed by atoms with Crippen LogP contribution in [-0.4, -0.2) is 32.4 Å². The minimum atomic E-state index is -0.589. The number of carbonyl (C=O) groups excluding carboxylic acids is 1. The van der Waals surface area contributed by atoms with Gasteiger partial charge in [-0.1, -0.05) is 12.1 Å². The fourth-order valence-electron chi connectivity index (χ4n) is 1.71. The molecule has 0 amide bonds. The number of esters is 1. The maximum absolute atomic E-state index is 11.5. The van der Waals surface area contributed by atoms with Crippen LogP contribution in [0.15, 0.2) is 24.3 Å². The summed E-state index contributed by atoms with van der Waals surface area (Å²) in [4.78, 5) is 11.5. The topological polar surface area (TPSA) is 44.8 Å². The first-order chi connectivity index (χ1) is 9.17. The summed E-state index contributed by atoms with van der Waals surface area (Å²) in [5, 5.41) is 0. The lowest BCUT2D eigenvalue weighted by molar-refractivity contribution is -0.150. The van der Waals surface area contributed by atoms with Gasteiger partial charge < -0.3 is 14.2 Å². The highest BCUT2D eigenvalue weighted by atomic mass is 16.6. The Labute approximate surface area is 114 Å². The maximum atomic E-state index is 11.5. The molecule has 1 rings (SSSR count). The summed E-state index contributed by atoms with van der Waals surface area (Å²) in [6.45, 7) is 4.57. The van der Waals surface area contributed by atoms with Crippen LogP contribution in [0.1, 0.15) is 25.8 Å². The van der Waals surface area contributed by atoms with Crippen LogP contribution in [0.4, 0.5) is 0 Å². The zero-order valence-electron chi connectivity index (χ0n) is 11.8. The van der Waals surface area contributed by atoms with Gasteiger partial charge in [-0.05, 0) is 44.4 Å².